The highest BCUT2D eigenvalue weighted by molar-refractivity contribution is 5.99. The second kappa shape index (κ2) is 9.97. The number of hydrogen-bond acceptors (Lipinski definition) is 6. The maximum Gasteiger partial charge on any atom is 0.253 e. The molecule has 0 spiro atoms. The van der Waals surface area contributed by atoms with Crippen molar-refractivity contribution in [3.8, 4) is 5.69 Å². The van der Waals surface area contributed by atoms with Crippen LogP contribution in [0.4, 0.5) is 0 Å². The fraction of sp³-hybridized carbons (Fsp3) is 0.450. The van der Waals surface area contributed by atoms with E-state index in [0.29, 0.717) is 23.4 Å². The zero-order chi connectivity index (χ0) is 21.5. The van der Waals surface area contributed by atoms with Gasteiger partial charge in [-0.15, -0.1) is 5.10 Å². The molecule has 160 valence electrons. The minimum atomic E-state index is -0.679. The molecule has 2 aromatic rings. The predicted molar refractivity (Wildman–Crippen MR) is 110 cm³/mol. The van der Waals surface area contributed by atoms with Crippen molar-refractivity contribution in [1.29, 1.82) is 0 Å². The number of amides is 3. The lowest BCUT2D eigenvalue weighted by molar-refractivity contribution is -0.128. The van der Waals surface area contributed by atoms with E-state index in [1.807, 2.05) is 14.1 Å². The number of carbonyl (C=O) groups is 3. The van der Waals surface area contributed by atoms with E-state index in [2.05, 4.69) is 31.2 Å². The predicted octanol–water partition coefficient (Wildman–Crippen LogP) is -0.156. The first kappa shape index (κ1) is 21.4. The Bertz CT molecular complexity index is 909. The average molecular weight is 413 g/mol. The van der Waals surface area contributed by atoms with E-state index in [9.17, 15) is 14.4 Å². The summed E-state index contributed by atoms with van der Waals surface area (Å²) in [5.41, 5.74) is 1.47. The average Bonchev–Trinajstić information content (AvgIpc) is 3.20. The number of nitrogens with one attached hydrogen (secondary N) is 3. The van der Waals surface area contributed by atoms with Crippen LogP contribution < -0.4 is 16.0 Å². The molecule has 1 atom stereocenters. The number of carbonyl (C=O) groups excluding carboxylic acids is 3. The van der Waals surface area contributed by atoms with Gasteiger partial charge in [0.2, 0.25) is 11.8 Å². The molecule has 0 unspecified atom stereocenters. The van der Waals surface area contributed by atoms with Gasteiger partial charge >= 0.3 is 0 Å². The lowest BCUT2D eigenvalue weighted by Crippen LogP contribution is -2.49. The Hall–Kier alpha value is -3.27. The van der Waals surface area contributed by atoms with E-state index in [4.69, 9.17) is 0 Å². The Kier molecular flexibility index (Phi) is 7.12. The van der Waals surface area contributed by atoms with Crippen LogP contribution in [0.2, 0.25) is 0 Å². The van der Waals surface area contributed by atoms with Crippen molar-refractivity contribution in [3.63, 3.8) is 0 Å². The van der Waals surface area contributed by atoms with Gasteiger partial charge in [-0.25, -0.2) is 4.68 Å². The van der Waals surface area contributed by atoms with Crippen LogP contribution in [-0.4, -0.2) is 70.8 Å². The highest BCUT2D eigenvalue weighted by atomic mass is 16.2. The summed E-state index contributed by atoms with van der Waals surface area (Å²) in [5, 5.41) is 16.3. The maximum absolute atomic E-state index is 12.7. The molecule has 3 N–H and O–H groups in total. The number of nitrogens with zero attached hydrogens (tertiary/aromatic N) is 4. The molecule has 1 aliphatic heterocycles. The minimum Gasteiger partial charge on any atom is -0.349 e. The molecule has 2 bridgehead atoms. The van der Waals surface area contributed by atoms with Crippen LogP contribution in [0.3, 0.4) is 0 Å². The second-order valence-corrected chi connectivity index (χ2v) is 7.49. The Morgan fingerprint density at radius 3 is 2.70 bits per heavy atom. The molecule has 1 aromatic carbocycles. The molecule has 3 rings (SSSR count). The maximum atomic E-state index is 12.7. The monoisotopic (exact) mass is 413 g/mol. The number of hydrogen-bond donors (Lipinski definition) is 3. The third kappa shape index (κ3) is 5.63. The molecule has 3 amide bonds. The minimum absolute atomic E-state index is 0.178. The molecule has 2 heterocycles. The third-order valence-electron chi connectivity index (χ3n) is 4.79. The van der Waals surface area contributed by atoms with E-state index in [1.165, 1.54) is 4.68 Å². The summed E-state index contributed by atoms with van der Waals surface area (Å²) in [5.74, 6) is -1.10. The van der Waals surface area contributed by atoms with Crippen LogP contribution in [0.15, 0.2) is 30.5 Å². The van der Waals surface area contributed by atoms with Gasteiger partial charge in [-0.05, 0) is 52.0 Å². The van der Waals surface area contributed by atoms with Crippen molar-refractivity contribution in [2.45, 2.75) is 31.8 Å². The summed E-state index contributed by atoms with van der Waals surface area (Å²) < 4.78 is 1.49. The molecule has 30 heavy (non-hydrogen) atoms. The third-order valence-corrected chi connectivity index (χ3v) is 4.79. The zero-order valence-electron chi connectivity index (χ0n) is 17.2. The molecule has 0 saturated heterocycles. The summed E-state index contributed by atoms with van der Waals surface area (Å²) in [6.07, 6.45) is 3.87. The molecule has 0 fully saturated rings. The van der Waals surface area contributed by atoms with Gasteiger partial charge in [-0.1, -0.05) is 17.3 Å². The summed E-state index contributed by atoms with van der Waals surface area (Å²) in [6, 6.07) is 6.24. The van der Waals surface area contributed by atoms with Gasteiger partial charge in [-0.2, -0.15) is 0 Å². The number of para-hydroxylation sites is 1. The van der Waals surface area contributed by atoms with Gasteiger partial charge in [0.25, 0.3) is 5.91 Å². The topological polar surface area (TPSA) is 121 Å². The first-order valence-electron chi connectivity index (χ1n) is 9.94. The smallest absolute Gasteiger partial charge is 0.253 e. The molecule has 1 aliphatic rings. The van der Waals surface area contributed by atoms with E-state index in [1.54, 1.807) is 30.5 Å². The molecule has 0 radical (unpaired) electrons. The molecule has 1 aromatic heterocycles. The van der Waals surface area contributed by atoms with Crippen molar-refractivity contribution >= 4 is 17.7 Å². The highest BCUT2D eigenvalue weighted by Crippen LogP contribution is 2.14. The van der Waals surface area contributed by atoms with Gasteiger partial charge in [0.05, 0.1) is 30.5 Å². The van der Waals surface area contributed by atoms with Crippen LogP contribution in [0.1, 0.15) is 35.3 Å². The number of aromatic nitrogens is 3. The summed E-state index contributed by atoms with van der Waals surface area (Å²) in [6.45, 7) is 0.857. The van der Waals surface area contributed by atoms with E-state index >= 15 is 0 Å². The van der Waals surface area contributed by atoms with Gasteiger partial charge in [-0.3, -0.25) is 14.4 Å². The quantitative estimate of drug-likeness (QED) is 0.586. The number of fused-ring (bicyclic) bond motifs is 4. The SMILES string of the molecule is CN(C)CCCC[C@@H]1NC(=O)CNC(=O)c2ccccc2-n2cc(nn2)CNC1=O. The second-order valence-electron chi connectivity index (χ2n) is 7.49. The fourth-order valence-electron chi connectivity index (χ4n) is 3.21. The van der Waals surface area contributed by atoms with Crippen molar-refractivity contribution < 1.29 is 14.4 Å². The van der Waals surface area contributed by atoms with Crippen molar-refractivity contribution in [3.05, 3.63) is 41.7 Å². The Morgan fingerprint density at radius 1 is 1.10 bits per heavy atom. The van der Waals surface area contributed by atoms with Crippen molar-refractivity contribution in [2.24, 2.45) is 0 Å². The first-order chi connectivity index (χ1) is 14.4. The van der Waals surface area contributed by atoms with E-state index in [0.717, 1.165) is 19.4 Å². The number of rotatable bonds is 5. The standard InChI is InChI=1S/C20H27N7O3/c1-26(2)10-6-5-8-16-20(30)21-11-14-13-27(25-24-14)17-9-4-3-7-15(17)19(29)22-12-18(28)23-16/h3-4,7,9,13,16H,5-6,8,10-12H2,1-2H3,(H,21,30)(H,22,29)(H,23,28)/t16-/m0/s1. The number of benzene rings is 1. The van der Waals surface area contributed by atoms with Crippen LogP contribution in [0.25, 0.3) is 5.69 Å². The Morgan fingerprint density at radius 2 is 1.90 bits per heavy atom. The molecule has 0 saturated carbocycles. The van der Waals surface area contributed by atoms with Crippen molar-refractivity contribution in [1.82, 2.24) is 35.8 Å². The largest absolute Gasteiger partial charge is 0.349 e. The Labute approximate surface area is 175 Å². The molecular formula is C20H27N7O3. The Balaban J connectivity index is 1.78. The van der Waals surface area contributed by atoms with Crippen LogP contribution >= 0.6 is 0 Å². The van der Waals surface area contributed by atoms with Crippen molar-refractivity contribution in [2.75, 3.05) is 27.2 Å². The summed E-state index contributed by atoms with van der Waals surface area (Å²) >= 11 is 0. The number of unbranched alkanes of at least 4 members (excludes halogenated alkanes) is 1. The van der Waals surface area contributed by atoms with Crippen LogP contribution in [0.5, 0.6) is 0 Å². The highest BCUT2D eigenvalue weighted by Gasteiger charge is 2.22. The van der Waals surface area contributed by atoms with E-state index in [-0.39, 0.29) is 19.0 Å². The normalized spacial score (nSPS) is 17.6. The lowest BCUT2D eigenvalue weighted by atomic mass is 10.1. The van der Waals surface area contributed by atoms with Gasteiger partial charge < -0.3 is 20.9 Å². The van der Waals surface area contributed by atoms with Crippen LogP contribution in [-0.2, 0) is 16.1 Å². The molecule has 10 heteroatoms. The van der Waals surface area contributed by atoms with Gasteiger partial charge in [0.1, 0.15) is 11.7 Å². The lowest BCUT2D eigenvalue weighted by Gasteiger charge is -2.19. The first-order valence-corrected chi connectivity index (χ1v) is 9.94. The molecule has 0 aliphatic carbocycles. The molecule has 10 nitrogen and oxygen atoms in total. The van der Waals surface area contributed by atoms with Gasteiger partial charge in [0, 0.05) is 0 Å². The van der Waals surface area contributed by atoms with E-state index < -0.39 is 17.9 Å². The molecular weight excluding hydrogens is 386 g/mol. The summed E-state index contributed by atoms with van der Waals surface area (Å²) in [7, 11) is 3.98. The summed E-state index contributed by atoms with van der Waals surface area (Å²) in [4.78, 5) is 39.7. The van der Waals surface area contributed by atoms with Gasteiger partial charge in [0.15, 0.2) is 0 Å². The van der Waals surface area contributed by atoms with Crippen LogP contribution in [0, 0.1) is 0 Å². The zero-order valence-corrected chi connectivity index (χ0v) is 17.2. The fourth-order valence-corrected chi connectivity index (χ4v) is 3.21.